The Hall–Kier alpha value is -2.32. The minimum atomic E-state index is -4.60. The normalized spacial score (nSPS) is 14.7. The minimum Gasteiger partial charge on any atom is -0.756 e. The number of unbranched alkanes of at least 4 members (excludes halogenated alkanes) is 23. The van der Waals surface area contributed by atoms with E-state index in [0.29, 0.717) is 17.4 Å². The van der Waals surface area contributed by atoms with Gasteiger partial charge in [-0.25, -0.2) is 0 Å². The molecule has 0 rings (SSSR count). The van der Waals surface area contributed by atoms with Crippen molar-refractivity contribution in [1.29, 1.82) is 0 Å². The number of quaternary nitrogens is 1. The van der Waals surface area contributed by atoms with Crippen molar-refractivity contribution in [3.63, 3.8) is 0 Å². The first-order valence-corrected chi connectivity index (χ1v) is 28.4. The molecule has 382 valence electrons. The smallest absolute Gasteiger partial charge is 0.268 e. The van der Waals surface area contributed by atoms with Crippen LogP contribution in [0.25, 0.3) is 0 Å². The molecule has 0 saturated carbocycles. The van der Waals surface area contributed by atoms with Crippen molar-refractivity contribution >= 4 is 13.7 Å². The molecule has 0 saturated heterocycles. The summed E-state index contributed by atoms with van der Waals surface area (Å²) in [5.74, 6) is -0.212. The van der Waals surface area contributed by atoms with Crippen LogP contribution >= 0.6 is 7.82 Å². The Morgan fingerprint density at radius 3 is 1.41 bits per heavy atom. The summed E-state index contributed by atoms with van der Waals surface area (Å²) in [7, 11) is 1.24. The SMILES string of the molecule is CC/C=C\C/C=C\C/C=C\C/C=C\C/C=C\CCCCCCCCCCCCCCCC(=O)NC(COP(=O)([O-])OCC[N+](C)(C)C)C(O)/C=C/CC/C=C/CCCCCCCCCCC. The molecule has 0 aliphatic rings. The molecule has 3 unspecified atom stereocenters. The van der Waals surface area contributed by atoms with Gasteiger partial charge in [0.05, 0.1) is 39.9 Å². The number of carbonyl (C=O) groups is 1. The standard InChI is InChI=1S/C57H103N2O6P/c1-6-8-10-12-14-16-18-20-22-23-24-25-26-27-28-29-30-31-32-33-34-35-37-39-41-43-45-47-49-51-57(61)58-55(54-65-66(62,63)64-53-52-59(3,4)5)56(60)50-48-46-44-42-40-38-36-21-19-17-15-13-11-9-7-2/h8,10,14,16,20,22,24-25,27-28,40,42,48,50,55-56,60H,6-7,9,11-13,15,17-19,21,23,26,29-39,41,43-47,49,51-54H2,1-5H3,(H-,58,61,62,63)/b10-8-,16-14-,22-20-,25-24-,28-27-,42-40+,50-48+. The lowest BCUT2D eigenvalue weighted by Gasteiger charge is -2.29. The number of aliphatic hydroxyl groups excluding tert-OH is 1. The molecule has 0 aromatic carbocycles. The Bertz CT molecular complexity index is 1350. The quantitative estimate of drug-likeness (QED) is 0.0272. The van der Waals surface area contributed by atoms with Gasteiger partial charge >= 0.3 is 0 Å². The van der Waals surface area contributed by atoms with Crippen LogP contribution in [0, 0.1) is 0 Å². The van der Waals surface area contributed by atoms with E-state index in [9.17, 15) is 19.4 Å². The number of nitrogens with zero attached hydrogens (tertiary/aromatic N) is 1. The van der Waals surface area contributed by atoms with Crippen LogP contribution in [-0.2, 0) is 18.4 Å². The number of carbonyl (C=O) groups excluding carboxylic acids is 1. The number of allylic oxidation sites excluding steroid dienone is 13. The van der Waals surface area contributed by atoms with Crippen LogP contribution in [-0.4, -0.2) is 68.5 Å². The number of aliphatic hydroxyl groups is 1. The van der Waals surface area contributed by atoms with Crippen molar-refractivity contribution in [2.75, 3.05) is 40.9 Å². The molecular formula is C57H103N2O6P. The average molecular weight is 943 g/mol. The largest absolute Gasteiger partial charge is 0.756 e. The molecule has 0 aromatic heterocycles. The zero-order chi connectivity index (χ0) is 48.5. The van der Waals surface area contributed by atoms with Crippen molar-refractivity contribution in [2.24, 2.45) is 0 Å². The van der Waals surface area contributed by atoms with E-state index in [4.69, 9.17) is 9.05 Å². The van der Waals surface area contributed by atoms with E-state index in [2.05, 4.69) is 92.1 Å². The molecule has 0 heterocycles. The number of amides is 1. The maximum absolute atomic E-state index is 12.9. The van der Waals surface area contributed by atoms with Gasteiger partial charge in [0.15, 0.2) is 0 Å². The molecule has 0 bridgehead atoms. The summed E-state index contributed by atoms with van der Waals surface area (Å²) in [4.78, 5) is 25.4. The van der Waals surface area contributed by atoms with E-state index < -0.39 is 26.6 Å². The lowest BCUT2D eigenvalue weighted by atomic mass is 10.0. The average Bonchev–Trinajstić information content (AvgIpc) is 3.28. The Morgan fingerprint density at radius 1 is 0.545 bits per heavy atom. The molecule has 0 spiro atoms. The van der Waals surface area contributed by atoms with Crippen molar-refractivity contribution in [1.82, 2.24) is 5.32 Å². The molecule has 9 heteroatoms. The van der Waals surface area contributed by atoms with Crippen molar-refractivity contribution in [3.05, 3.63) is 85.1 Å². The van der Waals surface area contributed by atoms with E-state index in [-0.39, 0.29) is 12.5 Å². The number of phosphoric acid groups is 1. The van der Waals surface area contributed by atoms with Gasteiger partial charge in [-0.1, -0.05) is 221 Å². The van der Waals surface area contributed by atoms with Crippen LogP contribution in [0.3, 0.4) is 0 Å². The van der Waals surface area contributed by atoms with Crippen LogP contribution < -0.4 is 10.2 Å². The molecule has 0 aromatic rings. The van der Waals surface area contributed by atoms with E-state index in [1.54, 1.807) is 6.08 Å². The maximum atomic E-state index is 12.9. The molecular weight excluding hydrogens is 840 g/mol. The highest BCUT2D eigenvalue weighted by molar-refractivity contribution is 7.45. The summed E-state index contributed by atoms with van der Waals surface area (Å²) in [5, 5.41) is 13.8. The summed E-state index contributed by atoms with van der Waals surface area (Å²) in [6.07, 6.45) is 66.5. The highest BCUT2D eigenvalue weighted by Gasteiger charge is 2.23. The molecule has 0 fully saturated rings. The molecule has 0 aliphatic heterocycles. The Balaban J connectivity index is 4.21. The lowest BCUT2D eigenvalue weighted by Crippen LogP contribution is -2.45. The van der Waals surface area contributed by atoms with Gasteiger partial charge in [0.1, 0.15) is 13.2 Å². The van der Waals surface area contributed by atoms with Crippen LogP contribution in [0.15, 0.2) is 85.1 Å². The van der Waals surface area contributed by atoms with E-state index in [1.165, 1.54) is 128 Å². The molecule has 0 radical (unpaired) electrons. The van der Waals surface area contributed by atoms with E-state index in [1.807, 2.05) is 27.2 Å². The molecule has 3 atom stereocenters. The van der Waals surface area contributed by atoms with Gasteiger partial charge < -0.3 is 28.8 Å². The van der Waals surface area contributed by atoms with Gasteiger partial charge in [-0.3, -0.25) is 9.36 Å². The first kappa shape index (κ1) is 63.7. The van der Waals surface area contributed by atoms with Gasteiger partial charge in [-0.2, -0.15) is 0 Å². The molecule has 1 amide bonds. The second kappa shape index (κ2) is 47.7. The topological polar surface area (TPSA) is 108 Å². The third-order valence-electron chi connectivity index (χ3n) is 11.6. The Labute approximate surface area is 407 Å². The monoisotopic (exact) mass is 943 g/mol. The van der Waals surface area contributed by atoms with Crippen molar-refractivity contribution < 1.29 is 32.9 Å². The van der Waals surface area contributed by atoms with Crippen LogP contribution in [0.5, 0.6) is 0 Å². The van der Waals surface area contributed by atoms with E-state index in [0.717, 1.165) is 70.6 Å². The number of hydrogen-bond acceptors (Lipinski definition) is 6. The Kier molecular flexibility index (Phi) is 46.1. The third-order valence-corrected chi connectivity index (χ3v) is 12.6. The van der Waals surface area contributed by atoms with Crippen molar-refractivity contribution in [3.8, 4) is 0 Å². The van der Waals surface area contributed by atoms with Crippen LogP contribution in [0.2, 0.25) is 0 Å². The lowest BCUT2D eigenvalue weighted by molar-refractivity contribution is -0.870. The van der Waals surface area contributed by atoms with Crippen LogP contribution in [0.4, 0.5) is 0 Å². The summed E-state index contributed by atoms with van der Waals surface area (Å²) >= 11 is 0. The highest BCUT2D eigenvalue weighted by Crippen LogP contribution is 2.38. The highest BCUT2D eigenvalue weighted by atomic mass is 31.2. The summed E-state index contributed by atoms with van der Waals surface area (Å²) < 4.78 is 23.3. The second-order valence-corrected chi connectivity index (χ2v) is 20.6. The summed E-state index contributed by atoms with van der Waals surface area (Å²) in [6, 6.07) is -0.908. The molecule has 8 nitrogen and oxygen atoms in total. The summed E-state index contributed by atoms with van der Waals surface area (Å²) in [5.41, 5.74) is 0. The zero-order valence-corrected chi connectivity index (χ0v) is 44.3. The molecule has 66 heavy (non-hydrogen) atoms. The van der Waals surface area contributed by atoms with Gasteiger partial charge in [0.25, 0.3) is 7.82 Å². The van der Waals surface area contributed by atoms with Gasteiger partial charge in [-0.15, -0.1) is 0 Å². The summed E-state index contributed by atoms with van der Waals surface area (Å²) in [6.45, 7) is 4.50. The van der Waals surface area contributed by atoms with Gasteiger partial charge in [0, 0.05) is 6.42 Å². The number of nitrogens with one attached hydrogen (secondary N) is 1. The predicted molar refractivity (Wildman–Crippen MR) is 283 cm³/mol. The van der Waals surface area contributed by atoms with Gasteiger partial charge in [-0.05, 0) is 77.0 Å². The van der Waals surface area contributed by atoms with E-state index >= 15 is 0 Å². The molecule has 2 N–H and O–H groups in total. The first-order valence-electron chi connectivity index (χ1n) is 26.9. The predicted octanol–water partition coefficient (Wildman–Crippen LogP) is 15.5. The van der Waals surface area contributed by atoms with Crippen LogP contribution in [0.1, 0.15) is 219 Å². The first-order chi connectivity index (χ1) is 32.0. The van der Waals surface area contributed by atoms with Crippen molar-refractivity contribution in [2.45, 2.75) is 231 Å². The fourth-order valence-electron chi connectivity index (χ4n) is 7.37. The minimum absolute atomic E-state index is 0.00961. The maximum Gasteiger partial charge on any atom is 0.268 e. The Morgan fingerprint density at radius 2 is 0.939 bits per heavy atom. The fourth-order valence-corrected chi connectivity index (χ4v) is 8.09. The zero-order valence-electron chi connectivity index (χ0n) is 43.4. The number of rotatable bonds is 48. The number of hydrogen-bond donors (Lipinski definition) is 2. The molecule has 0 aliphatic carbocycles. The second-order valence-electron chi connectivity index (χ2n) is 19.2. The fraction of sp³-hybridized carbons (Fsp3) is 0.737. The number of likely N-dealkylation sites (N-methyl/N-ethyl adjacent to an activating group) is 1. The number of phosphoric ester groups is 1. The van der Waals surface area contributed by atoms with Gasteiger partial charge in [0.2, 0.25) is 5.91 Å². The third kappa shape index (κ3) is 49.6.